The van der Waals surface area contributed by atoms with Crippen LogP contribution in [0, 0.1) is 6.92 Å². The molecule has 5 nitrogen and oxygen atoms in total. The summed E-state index contributed by atoms with van der Waals surface area (Å²) in [5.41, 5.74) is 1.64. The molecule has 0 radical (unpaired) electrons. The summed E-state index contributed by atoms with van der Waals surface area (Å²) in [5.74, 6) is 0.326. The first-order valence-electron chi connectivity index (χ1n) is 8.36. The number of anilines is 2. The Morgan fingerprint density at radius 2 is 1.79 bits per heavy atom. The molecule has 24 heavy (non-hydrogen) atoms. The number of hydrogen-bond donors (Lipinski definition) is 2. The Bertz CT molecular complexity index is 782. The highest BCUT2D eigenvalue weighted by Gasteiger charge is 2.17. The molecule has 1 fully saturated rings. The van der Waals surface area contributed by atoms with Crippen molar-refractivity contribution in [2.45, 2.75) is 50.0 Å². The number of pyridine rings is 1. The van der Waals surface area contributed by atoms with Crippen LogP contribution in [0.25, 0.3) is 0 Å². The van der Waals surface area contributed by atoms with Crippen molar-refractivity contribution in [3.63, 3.8) is 0 Å². The second-order valence-corrected chi connectivity index (χ2v) is 7.93. The minimum atomic E-state index is -3.62. The molecule has 3 rings (SSSR count). The first-order chi connectivity index (χ1) is 11.5. The van der Waals surface area contributed by atoms with Gasteiger partial charge in [-0.1, -0.05) is 37.5 Å². The van der Waals surface area contributed by atoms with Gasteiger partial charge in [0, 0.05) is 6.04 Å². The summed E-state index contributed by atoms with van der Waals surface area (Å²) >= 11 is 0. The van der Waals surface area contributed by atoms with Crippen molar-refractivity contribution in [3.05, 3.63) is 48.2 Å². The second kappa shape index (κ2) is 7.21. The van der Waals surface area contributed by atoms with Crippen LogP contribution in [0.5, 0.6) is 0 Å². The molecule has 1 aliphatic rings. The molecular formula is C18H23N3O2S. The SMILES string of the molecule is Cc1ccccc1S(=O)(=O)Nc1ccc(NC2CCCCC2)cn1. The third-order valence-corrected chi connectivity index (χ3v) is 5.88. The Hall–Kier alpha value is -2.08. The molecule has 1 heterocycles. The van der Waals surface area contributed by atoms with Gasteiger partial charge in [-0.25, -0.2) is 13.4 Å². The number of aryl methyl sites for hydroxylation is 1. The minimum absolute atomic E-state index is 0.274. The summed E-state index contributed by atoms with van der Waals surface area (Å²) in [5, 5.41) is 3.47. The van der Waals surface area contributed by atoms with Crippen LogP contribution in [0.1, 0.15) is 37.7 Å². The van der Waals surface area contributed by atoms with Gasteiger partial charge in [0.25, 0.3) is 10.0 Å². The van der Waals surface area contributed by atoms with Crippen LogP contribution < -0.4 is 10.0 Å². The lowest BCUT2D eigenvalue weighted by Gasteiger charge is -2.23. The van der Waals surface area contributed by atoms with E-state index in [1.54, 1.807) is 37.4 Å². The number of nitrogens with zero attached hydrogens (tertiary/aromatic N) is 1. The summed E-state index contributed by atoms with van der Waals surface area (Å²) in [7, 11) is -3.62. The number of benzene rings is 1. The van der Waals surface area contributed by atoms with E-state index in [0.29, 0.717) is 17.4 Å². The number of aromatic nitrogens is 1. The average molecular weight is 345 g/mol. The van der Waals surface area contributed by atoms with Gasteiger partial charge in [0.1, 0.15) is 5.82 Å². The summed E-state index contributed by atoms with van der Waals surface area (Å²) < 4.78 is 27.5. The molecule has 0 unspecified atom stereocenters. The van der Waals surface area contributed by atoms with Gasteiger partial charge in [-0.05, 0) is 43.5 Å². The highest BCUT2D eigenvalue weighted by molar-refractivity contribution is 7.92. The lowest BCUT2D eigenvalue weighted by Crippen LogP contribution is -2.22. The second-order valence-electron chi connectivity index (χ2n) is 6.28. The highest BCUT2D eigenvalue weighted by atomic mass is 32.2. The molecule has 1 aromatic carbocycles. The van der Waals surface area contributed by atoms with Crippen molar-refractivity contribution in [1.29, 1.82) is 0 Å². The van der Waals surface area contributed by atoms with Gasteiger partial charge in [-0.3, -0.25) is 4.72 Å². The molecule has 1 saturated carbocycles. The number of sulfonamides is 1. The molecule has 0 saturated heterocycles. The Morgan fingerprint density at radius 1 is 1.04 bits per heavy atom. The summed E-state index contributed by atoms with van der Waals surface area (Å²) in [6.07, 6.45) is 7.89. The molecule has 0 aliphatic heterocycles. The fourth-order valence-electron chi connectivity index (χ4n) is 3.07. The van der Waals surface area contributed by atoms with E-state index < -0.39 is 10.0 Å². The molecule has 0 spiro atoms. The molecule has 6 heteroatoms. The first kappa shape index (κ1) is 16.8. The van der Waals surface area contributed by atoms with Crippen LogP contribution in [0.3, 0.4) is 0 Å². The van der Waals surface area contributed by atoms with Gasteiger partial charge in [-0.2, -0.15) is 0 Å². The Labute approximate surface area is 143 Å². The van der Waals surface area contributed by atoms with Crippen molar-refractivity contribution in [2.75, 3.05) is 10.0 Å². The third kappa shape index (κ3) is 4.06. The highest BCUT2D eigenvalue weighted by Crippen LogP contribution is 2.22. The quantitative estimate of drug-likeness (QED) is 0.861. The van der Waals surface area contributed by atoms with Crippen molar-refractivity contribution < 1.29 is 8.42 Å². The third-order valence-electron chi connectivity index (χ3n) is 4.36. The van der Waals surface area contributed by atoms with E-state index in [1.165, 1.54) is 32.1 Å². The molecule has 0 amide bonds. The Kier molecular flexibility index (Phi) is 5.04. The zero-order valence-electron chi connectivity index (χ0n) is 13.8. The Balaban J connectivity index is 1.68. The van der Waals surface area contributed by atoms with E-state index in [4.69, 9.17) is 0 Å². The molecule has 1 aliphatic carbocycles. The molecule has 2 aromatic rings. The minimum Gasteiger partial charge on any atom is -0.381 e. The topological polar surface area (TPSA) is 71.1 Å². The standard InChI is InChI=1S/C18H23N3O2S/c1-14-7-5-6-10-17(14)24(22,23)21-18-12-11-16(13-19-18)20-15-8-3-2-4-9-15/h5-7,10-13,15,20H,2-4,8-9H2,1H3,(H,19,21). The normalized spacial score (nSPS) is 15.9. The summed E-state index contributed by atoms with van der Waals surface area (Å²) in [4.78, 5) is 4.51. The number of hydrogen-bond acceptors (Lipinski definition) is 4. The monoisotopic (exact) mass is 345 g/mol. The van der Waals surface area contributed by atoms with Crippen LogP contribution in [-0.4, -0.2) is 19.4 Å². The van der Waals surface area contributed by atoms with Gasteiger partial charge < -0.3 is 5.32 Å². The molecule has 0 atom stereocenters. The first-order valence-corrected chi connectivity index (χ1v) is 9.84. The van der Waals surface area contributed by atoms with Crippen molar-refractivity contribution in [1.82, 2.24) is 4.98 Å². The lowest BCUT2D eigenvalue weighted by molar-refractivity contribution is 0.462. The predicted molar refractivity (Wildman–Crippen MR) is 96.7 cm³/mol. The van der Waals surface area contributed by atoms with E-state index in [2.05, 4.69) is 15.0 Å². The fourth-order valence-corrected chi connectivity index (χ4v) is 4.33. The molecular weight excluding hydrogens is 322 g/mol. The van der Waals surface area contributed by atoms with Gasteiger partial charge in [0.2, 0.25) is 0 Å². The summed E-state index contributed by atoms with van der Waals surface area (Å²) in [6, 6.07) is 11.0. The van der Waals surface area contributed by atoms with Crippen LogP contribution in [0.2, 0.25) is 0 Å². The number of rotatable bonds is 5. The van der Waals surface area contributed by atoms with Gasteiger partial charge in [0.05, 0.1) is 16.8 Å². The van der Waals surface area contributed by atoms with Crippen molar-refractivity contribution in [3.8, 4) is 0 Å². The van der Waals surface area contributed by atoms with Crippen LogP contribution in [0.4, 0.5) is 11.5 Å². The molecule has 0 bridgehead atoms. The van der Waals surface area contributed by atoms with E-state index in [1.807, 2.05) is 12.1 Å². The maximum atomic E-state index is 12.5. The summed E-state index contributed by atoms with van der Waals surface area (Å²) in [6.45, 7) is 1.78. The van der Waals surface area contributed by atoms with Gasteiger partial charge in [-0.15, -0.1) is 0 Å². The van der Waals surface area contributed by atoms with Crippen LogP contribution in [0.15, 0.2) is 47.5 Å². The molecule has 2 N–H and O–H groups in total. The van der Waals surface area contributed by atoms with Crippen molar-refractivity contribution in [2.24, 2.45) is 0 Å². The van der Waals surface area contributed by atoms with E-state index in [-0.39, 0.29) is 4.90 Å². The average Bonchev–Trinajstić information content (AvgIpc) is 2.58. The number of nitrogens with one attached hydrogen (secondary N) is 2. The smallest absolute Gasteiger partial charge is 0.263 e. The van der Waals surface area contributed by atoms with Crippen LogP contribution >= 0.6 is 0 Å². The van der Waals surface area contributed by atoms with E-state index in [9.17, 15) is 8.42 Å². The Morgan fingerprint density at radius 3 is 2.46 bits per heavy atom. The fraction of sp³-hybridized carbons (Fsp3) is 0.389. The lowest BCUT2D eigenvalue weighted by atomic mass is 9.95. The molecule has 128 valence electrons. The van der Waals surface area contributed by atoms with E-state index >= 15 is 0 Å². The van der Waals surface area contributed by atoms with Crippen LogP contribution in [-0.2, 0) is 10.0 Å². The van der Waals surface area contributed by atoms with Crippen molar-refractivity contribution >= 4 is 21.5 Å². The maximum absolute atomic E-state index is 12.5. The van der Waals surface area contributed by atoms with E-state index in [0.717, 1.165) is 5.69 Å². The molecule has 1 aromatic heterocycles. The predicted octanol–water partition coefficient (Wildman–Crippen LogP) is 3.94. The van der Waals surface area contributed by atoms with Gasteiger partial charge in [0.15, 0.2) is 0 Å². The zero-order chi connectivity index (χ0) is 17.0. The maximum Gasteiger partial charge on any atom is 0.263 e. The zero-order valence-corrected chi connectivity index (χ0v) is 14.6. The largest absolute Gasteiger partial charge is 0.381 e. The van der Waals surface area contributed by atoms with Gasteiger partial charge >= 0.3 is 0 Å².